The molecular formula is C18H16N2O3. The minimum absolute atomic E-state index is 0.170. The SMILES string of the molecule is Cc1cccc(Cn2ccc3ccc(C(=O)NO)cc3c2=O)c1. The molecule has 0 saturated heterocycles. The lowest BCUT2D eigenvalue weighted by Gasteiger charge is -2.09. The van der Waals surface area contributed by atoms with Crippen molar-refractivity contribution in [2.45, 2.75) is 13.5 Å². The van der Waals surface area contributed by atoms with Gasteiger partial charge in [-0.05, 0) is 36.1 Å². The fourth-order valence-corrected chi connectivity index (χ4v) is 2.62. The van der Waals surface area contributed by atoms with Gasteiger partial charge in [0.15, 0.2) is 0 Å². The van der Waals surface area contributed by atoms with E-state index in [1.54, 1.807) is 28.4 Å². The maximum Gasteiger partial charge on any atom is 0.274 e. The summed E-state index contributed by atoms with van der Waals surface area (Å²) in [5.41, 5.74) is 3.82. The fraction of sp³-hybridized carbons (Fsp3) is 0.111. The zero-order chi connectivity index (χ0) is 16.4. The average Bonchev–Trinajstić information content (AvgIpc) is 2.56. The second kappa shape index (κ2) is 6.06. The van der Waals surface area contributed by atoms with Crippen LogP contribution >= 0.6 is 0 Å². The number of pyridine rings is 1. The van der Waals surface area contributed by atoms with Crippen molar-refractivity contribution in [3.8, 4) is 0 Å². The Morgan fingerprint density at radius 1 is 1.17 bits per heavy atom. The van der Waals surface area contributed by atoms with Gasteiger partial charge in [0.25, 0.3) is 11.5 Å². The van der Waals surface area contributed by atoms with Gasteiger partial charge in [-0.15, -0.1) is 0 Å². The summed E-state index contributed by atoms with van der Waals surface area (Å²) < 4.78 is 1.61. The molecule has 0 aliphatic carbocycles. The van der Waals surface area contributed by atoms with Crippen LogP contribution in [0.3, 0.4) is 0 Å². The average molecular weight is 308 g/mol. The van der Waals surface area contributed by atoms with Crippen molar-refractivity contribution in [2.24, 2.45) is 0 Å². The molecule has 5 nitrogen and oxygen atoms in total. The number of carbonyl (C=O) groups excluding carboxylic acids is 1. The molecule has 3 aromatic rings. The first-order chi connectivity index (χ1) is 11.1. The highest BCUT2D eigenvalue weighted by atomic mass is 16.5. The molecule has 1 aromatic heterocycles. The van der Waals surface area contributed by atoms with Gasteiger partial charge in [0.05, 0.1) is 6.54 Å². The number of nitrogens with one attached hydrogen (secondary N) is 1. The Balaban J connectivity index is 2.07. The molecule has 0 aliphatic rings. The van der Waals surface area contributed by atoms with Gasteiger partial charge in [-0.2, -0.15) is 0 Å². The summed E-state index contributed by atoms with van der Waals surface area (Å²) in [4.78, 5) is 24.2. The van der Waals surface area contributed by atoms with E-state index < -0.39 is 5.91 Å². The van der Waals surface area contributed by atoms with Crippen LogP contribution < -0.4 is 11.0 Å². The maximum absolute atomic E-state index is 12.6. The third-order valence-electron chi connectivity index (χ3n) is 3.78. The standard InChI is InChI=1S/C18H16N2O3/c1-12-3-2-4-13(9-12)11-20-8-7-14-5-6-15(17(21)19-23)10-16(14)18(20)22/h2-10,23H,11H2,1H3,(H,19,21). The van der Waals surface area contributed by atoms with E-state index >= 15 is 0 Å². The molecular weight excluding hydrogens is 292 g/mol. The third-order valence-corrected chi connectivity index (χ3v) is 3.78. The molecule has 1 heterocycles. The molecule has 0 spiro atoms. The number of hydrogen-bond donors (Lipinski definition) is 2. The Morgan fingerprint density at radius 3 is 2.74 bits per heavy atom. The second-order valence-corrected chi connectivity index (χ2v) is 5.48. The second-order valence-electron chi connectivity index (χ2n) is 5.48. The lowest BCUT2D eigenvalue weighted by Crippen LogP contribution is -2.22. The number of carbonyl (C=O) groups is 1. The van der Waals surface area contributed by atoms with Crippen molar-refractivity contribution in [3.05, 3.63) is 81.8 Å². The van der Waals surface area contributed by atoms with E-state index in [0.717, 1.165) is 16.5 Å². The summed E-state index contributed by atoms with van der Waals surface area (Å²) in [6, 6.07) is 14.6. The molecule has 2 N–H and O–H groups in total. The third kappa shape index (κ3) is 3.00. The molecule has 0 radical (unpaired) electrons. The smallest absolute Gasteiger partial charge is 0.274 e. The summed E-state index contributed by atoms with van der Waals surface area (Å²) in [7, 11) is 0. The van der Waals surface area contributed by atoms with Crippen molar-refractivity contribution in [2.75, 3.05) is 0 Å². The number of nitrogens with zero attached hydrogens (tertiary/aromatic N) is 1. The number of hydroxylamine groups is 1. The van der Waals surface area contributed by atoms with Crippen LogP contribution in [0.15, 0.2) is 59.5 Å². The van der Waals surface area contributed by atoms with Gasteiger partial charge in [-0.3, -0.25) is 14.8 Å². The lowest BCUT2D eigenvalue weighted by atomic mass is 10.1. The first kappa shape index (κ1) is 15.0. The van der Waals surface area contributed by atoms with Gasteiger partial charge in [0, 0.05) is 17.1 Å². The fourth-order valence-electron chi connectivity index (χ4n) is 2.62. The molecule has 0 aliphatic heterocycles. The van der Waals surface area contributed by atoms with E-state index in [4.69, 9.17) is 5.21 Å². The number of aryl methyl sites for hydroxylation is 1. The van der Waals surface area contributed by atoms with Gasteiger partial charge in [-0.25, -0.2) is 5.48 Å². The largest absolute Gasteiger partial charge is 0.311 e. The van der Waals surface area contributed by atoms with E-state index in [9.17, 15) is 9.59 Å². The Morgan fingerprint density at radius 2 is 2.00 bits per heavy atom. The van der Waals surface area contributed by atoms with Gasteiger partial charge < -0.3 is 4.57 Å². The molecule has 0 unspecified atom stereocenters. The highest BCUT2D eigenvalue weighted by Crippen LogP contribution is 2.13. The zero-order valence-corrected chi connectivity index (χ0v) is 12.6. The van der Waals surface area contributed by atoms with Gasteiger partial charge in [0.2, 0.25) is 0 Å². The highest BCUT2D eigenvalue weighted by Gasteiger charge is 2.09. The van der Waals surface area contributed by atoms with Crippen LogP contribution in [0, 0.1) is 6.92 Å². The number of aromatic nitrogens is 1. The normalized spacial score (nSPS) is 10.7. The number of fused-ring (bicyclic) bond motifs is 1. The Labute approximate surface area is 132 Å². The molecule has 0 atom stereocenters. The molecule has 0 bridgehead atoms. The van der Waals surface area contributed by atoms with Crippen LogP contribution in [-0.4, -0.2) is 15.7 Å². The first-order valence-corrected chi connectivity index (χ1v) is 7.21. The van der Waals surface area contributed by atoms with Gasteiger partial charge in [0.1, 0.15) is 0 Å². The zero-order valence-electron chi connectivity index (χ0n) is 12.6. The van der Waals surface area contributed by atoms with Crippen molar-refractivity contribution >= 4 is 16.7 Å². The van der Waals surface area contributed by atoms with Crippen LogP contribution in [0.4, 0.5) is 0 Å². The molecule has 2 aromatic carbocycles. The monoisotopic (exact) mass is 308 g/mol. The van der Waals surface area contributed by atoms with Crippen molar-refractivity contribution < 1.29 is 10.0 Å². The van der Waals surface area contributed by atoms with Gasteiger partial charge >= 0.3 is 0 Å². The molecule has 23 heavy (non-hydrogen) atoms. The Bertz CT molecular complexity index is 944. The quantitative estimate of drug-likeness (QED) is 0.577. The first-order valence-electron chi connectivity index (χ1n) is 7.21. The highest BCUT2D eigenvalue weighted by molar-refractivity contribution is 5.97. The van der Waals surface area contributed by atoms with Crippen LogP contribution in [-0.2, 0) is 6.54 Å². The minimum atomic E-state index is -0.639. The summed E-state index contributed by atoms with van der Waals surface area (Å²) in [5.74, 6) is -0.639. The van der Waals surface area contributed by atoms with E-state index in [1.165, 1.54) is 6.07 Å². The number of amides is 1. The van der Waals surface area contributed by atoms with Crippen LogP contribution in [0.5, 0.6) is 0 Å². The molecule has 0 fully saturated rings. The molecule has 0 saturated carbocycles. The summed E-state index contributed by atoms with van der Waals surface area (Å²) in [6.45, 7) is 2.47. The Kier molecular flexibility index (Phi) is 3.95. The van der Waals surface area contributed by atoms with E-state index in [-0.39, 0.29) is 11.1 Å². The van der Waals surface area contributed by atoms with Crippen LogP contribution in [0.1, 0.15) is 21.5 Å². The molecule has 116 valence electrons. The summed E-state index contributed by atoms with van der Waals surface area (Å²) in [6.07, 6.45) is 1.75. The minimum Gasteiger partial charge on any atom is -0.311 e. The topological polar surface area (TPSA) is 71.3 Å². The predicted molar refractivity (Wildman–Crippen MR) is 87.7 cm³/mol. The predicted octanol–water partition coefficient (Wildman–Crippen LogP) is 2.48. The van der Waals surface area contributed by atoms with Crippen LogP contribution in [0.2, 0.25) is 0 Å². The van der Waals surface area contributed by atoms with E-state index in [2.05, 4.69) is 0 Å². The Hall–Kier alpha value is -2.92. The van der Waals surface area contributed by atoms with Crippen molar-refractivity contribution in [1.82, 2.24) is 10.0 Å². The number of hydrogen-bond acceptors (Lipinski definition) is 3. The summed E-state index contributed by atoms with van der Waals surface area (Å²) >= 11 is 0. The number of benzene rings is 2. The summed E-state index contributed by atoms with van der Waals surface area (Å²) in [5, 5.41) is 9.92. The number of rotatable bonds is 3. The molecule has 1 amide bonds. The van der Waals surface area contributed by atoms with E-state index in [0.29, 0.717) is 11.9 Å². The maximum atomic E-state index is 12.6. The molecule has 5 heteroatoms. The van der Waals surface area contributed by atoms with Gasteiger partial charge in [-0.1, -0.05) is 35.9 Å². The van der Waals surface area contributed by atoms with E-state index in [1.807, 2.05) is 37.3 Å². The lowest BCUT2D eigenvalue weighted by molar-refractivity contribution is 0.0706. The van der Waals surface area contributed by atoms with Crippen molar-refractivity contribution in [3.63, 3.8) is 0 Å². The van der Waals surface area contributed by atoms with Crippen molar-refractivity contribution in [1.29, 1.82) is 0 Å². The van der Waals surface area contributed by atoms with Crippen LogP contribution in [0.25, 0.3) is 10.8 Å². The molecule has 3 rings (SSSR count).